The van der Waals surface area contributed by atoms with Crippen molar-refractivity contribution in [1.29, 1.82) is 0 Å². The normalized spacial score (nSPS) is 14.4. The molecule has 0 spiro atoms. The maximum Gasteiger partial charge on any atom is 0.125 e. The Bertz CT molecular complexity index is 384. The Hall–Kier alpha value is -0.620. The molecular weight excluding hydrogens is 282 g/mol. The van der Waals surface area contributed by atoms with Crippen LogP contribution in [0.1, 0.15) is 49.9 Å². The highest BCUT2D eigenvalue weighted by Gasteiger charge is 2.19. The number of pyridine rings is 1. The summed E-state index contributed by atoms with van der Waals surface area (Å²) in [6.07, 6.45) is 5.95. The maximum absolute atomic E-state index is 12.1. The summed E-state index contributed by atoms with van der Waals surface area (Å²) in [6.45, 7) is 5.18. The van der Waals surface area contributed by atoms with E-state index in [4.69, 9.17) is 0 Å². The van der Waals surface area contributed by atoms with Crippen LogP contribution in [-0.2, 0) is 11.4 Å². The SMILES string of the molecule is CCCC[S+]([O-])NC(CCCN(C)C)c1ccc(C)cn1. The Balaban J connectivity index is 2.62. The van der Waals surface area contributed by atoms with E-state index in [2.05, 4.69) is 41.7 Å². The first-order chi connectivity index (χ1) is 10.0. The second kappa shape index (κ2) is 10.2. The number of unbranched alkanes of at least 4 members (excludes halogenated alkanes) is 1. The Morgan fingerprint density at radius 1 is 1.33 bits per heavy atom. The third kappa shape index (κ3) is 7.81. The van der Waals surface area contributed by atoms with Crippen molar-refractivity contribution in [3.8, 4) is 0 Å². The van der Waals surface area contributed by atoms with E-state index >= 15 is 0 Å². The molecule has 0 saturated heterocycles. The third-order valence-electron chi connectivity index (χ3n) is 3.35. The highest BCUT2D eigenvalue weighted by molar-refractivity contribution is 7.89. The topological polar surface area (TPSA) is 51.2 Å². The molecule has 0 bridgehead atoms. The van der Waals surface area contributed by atoms with E-state index in [0.717, 1.165) is 43.5 Å². The molecular formula is C16H29N3OS. The van der Waals surface area contributed by atoms with Crippen molar-refractivity contribution >= 4 is 11.4 Å². The van der Waals surface area contributed by atoms with Gasteiger partial charge in [-0.2, -0.15) is 0 Å². The number of nitrogens with zero attached hydrogens (tertiary/aromatic N) is 2. The Morgan fingerprint density at radius 2 is 2.10 bits per heavy atom. The van der Waals surface area contributed by atoms with Crippen LogP contribution in [0.5, 0.6) is 0 Å². The lowest BCUT2D eigenvalue weighted by atomic mass is 10.1. The average molecular weight is 311 g/mol. The summed E-state index contributed by atoms with van der Waals surface area (Å²) in [5.74, 6) is 0.715. The van der Waals surface area contributed by atoms with Crippen molar-refractivity contribution in [1.82, 2.24) is 14.6 Å². The van der Waals surface area contributed by atoms with Crippen LogP contribution in [0.25, 0.3) is 0 Å². The number of hydrogen-bond acceptors (Lipinski definition) is 4. The lowest BCUT2D eigenvalue weighted by Crippen LogP contribution is -2.31. The number of hydrogen-bond donors (Lipinski definition) is 1. The second-order valence-corrected chi connectivity index (χ2v) is 7.11. The van der Waals surface area contributed by atoms with Gasteiger partial charge in [0, 0.05) is 17.6 Å². The number of nitrogens with one attached hydrogen (secondary N) is 1. The van der Waals surface area contributed by atoms with Crippen molar-refractivity contribution < 1.29 is 4.55 Å². The molecule has 0 aliphatic rings. The molecule has 5 heteroatoms. The van der Waals surface area contributed by atoms with E-state index in [-0.39, 0.29) is 6.04 Å². The van der Waals surface area contributed by atoms with E-state index in [1.807, 2.05) is 19.2 Å². The third-order valence-corrected chi connectivity index (χ3v) is 4.55. The van der Waals surface area contributed by atoms with Gasteiger partial charge in [-0.05, 0) is 58.5 Å². The first kappa shape index (κ1) is 18.4. The minimum atomic E-state index is -0.974. The second-order valence-electron chi connectivity index (χ2n) is 5.78. The Morgan fingerprint density at radius 3 is 2.67 bits per heavy atom. The molecule has 1 aromatic heterocycles. The molecule has 0 aliphatic carbocycles. The summed E-state index contributed by atoms with van der Waals surface area (Å²) < 4.78 is 15.4. The molecule has 21 heavy (non-hydrogen) atoms. The zero-order valence-corrected chi connectivity index (χ0v) is 14.6. The first-order valence-electron chi connectivity index (χ1n) is 7.74. The van der Waals surface area contributed by atoms with Crippen LogP contribution < -0.4 is 4.72 Å². The smallest absolute Gasteiger partial charge is 0.125 e. The maximum atomic E-state index is 12.1. The summed E-state index contributed by atoms with van der Waals surface area (Å²) in [5, 5.41) is 0. The van der Waals surface area contributed by atoms with Gasteiger partial charge in [-0.1, -0.05) is 19.4 Å². The summed E-state index contributed by atoms with van der Waals surface area (Å²) in [4.78, 5) is 6.67. The summed E-state index contributed by atoms with van der Waals surface area (Å²) in [6, 6.07) is 4.18. The van der Waals surface area contributed by atoms with Gasteiger partial charge in [0.25, 0.3) is 0 Å². The zero-order valence-electron chi connectivity index (χ0n) is 13.8. The van der Waals surface area contributed by atoms with Crippen LogP contribution in [0.4, 0.5) is 0 Å². The standard InChI is InChI=1S/C16H29N3OS/c1-5-6-12-21(20)18-16(8-7-11-19(3)4)15-10-9-14(2)13-17-15/h9-10,13,16,18H,5-8,11-12H2,1-4H3. The molecule has 1 N–H and O–H groups in total. The van der Waals surface area contributed by atoms with Gasteiger partial charge in [0.15, 0.2) is 0 Å². The zero-order chi connectivity index (χ0) is 15.7. The Kier molecular flexibility index (Phi) is 8.92. The van der Waals surface area contributed by atoms with E-state index in [1.54, 1.807) is 0 Å². The van der Waals surface area contributed by atoms with Gasteiger partial charge >= 0.3 is 0 Å². The monoisotopic (exact) mass is 311 g/mol. The van der Waals surface area contributed by atoms with Crippen molar-refractivity contribution in [3.05, 3.63) is 29.6 Å². The molecule has 1 rings (SSSR count). The molecule has 0 aromatic carbocycles. The van der Waals surface area contributed by atoms with Gasteiger partial charge in [-0.25, -0.2) is 0 Å². The van der Waals surface area contributed by atoms with Crippen LogP contribution in [0.2, 0.25) is 0 Å². The first-order valence-corrected chi connectivity index (χ1v) is 9.06. The van der Waals surface area contributed by atoms with Crippen LogP contribution in [0.3, 0.4) is 0 Å². The molecule has 0 radical (unpaired) electrons. The molecule has 0 fully saturated rings. The minimum Gasteiger partial charge on any atom is -0.598 e. The fraction of sp³-hybridized carbons (Fsp3) is 0.688. The van der Waals surface area contributed by atoms with Gasteiger partial charge in [0.05, 0.1) is 11.7 Å². The van der Waals surface area contributed by atoms with Gasteiger partial charge < -0.3 is 9.45 Å². The van der Waals surface area contributed by atoms with E-state index in [9.17, 15) is 4.55 Å². The molecule has 1 heterocycles. The average Bonchev–Trinajstić information content (AvgIpc) is 2.44. The highest BCUT2D eigenvalue weighted by Crippen LogP contribution is 2.18. The molecule has 0 amide bonds. The van der Waals surface area contributed by atoms with E-state index < -0.39 is 11.4 Å². The van der Waals surface area contributed by atoms with Gasteiger partial charge in [0.1, 0.15) is 5.75 Å². The van der Waals surface area contributed by atoms with Crippen molar-refractivity contribution in [3.63, 3.8) is 0 Å². The quantitative estimate of drug-likeness (QED) is 0.675. The van der Waals surface area contributed by atoms with E-state index in [0.29, 0.717) is 5.75 Å². The highest BCUT2D eigenvalue weighted by atomic mass is 32.2. The van der Waals surface area contributed by atoms with Crippen LogP contribution >= 0.6 is 0 Å². The van der Waals surface area contributed by atoms with E-state index in [1.165, 1.54) is 0 Å². The van der Waals surface area contributed by atoms with Crippen molar-refractivity contribution in [2.24, 2.45) is 0 Å². The van der Waals surface area contributed by atoms with Gasteiger partial charge in [0.2, 0.25) is 0 Å². The number of aromatic nitrogens is 1. The Labute approximate surface area is 132 Å². The molecule has 120 valence electrons. The molecule has 2 unspecified atom stereocenters. The predicted octanol–water partition coefficient (Wildman–Crippen LogP) is 2.83. The summed E-state index contributed by atoms with van der Waals surface area (Å²) in [7, 11) is 4.15. The number of rotatable bonds is 10. The molecule has 0 saturated carbocycles. The molecule has 0 aliphatic heterocycles. The number of aryl methyl sites for hydroxylation is 1. The molecule has 4 nitrogen and oxygen atoms in total. The van der Waals surface area contributed by atoms with Crippen molar-refractivity contribution in [2.75, 3.05) is 26.4 Å². The fourth-order valence-corrected chi connectivity index (χ4v) is 3.28. The van der Waals surface area contributed by atoms with Crippen molar-refractivity contribution in [2.45, 2.75) is 45.6 Å². The largest absolute Gasteiger partial charge is 0.598 e. The van der Waals surface area contributed by atoms with Crippen LogP contribution in [0, 0.1) is 6.92 Å². The molecule has 1 aromatic rings. The fourth-order valence-electron chi connectivity index (χ4n) is 2.06. The lowest BCUT2D eigenvalue weighted by Gasteiger charge is -2.21. The van der Waals surface area contributed by atoms with Crippen LogP contribution in [-0.4, -0.2) is 40.8 Å². The minimum absolute atomic E-state index is 0.0724. The van der Waals surface area contributed by atoms with Gasteiger partial charge in [-0.3, -0.25) is 4.98 Å². The predicted molar refractivity (Wildman–Crippen MR) is 90.6 cm³/mol. The van der Waals surface area contributed by atoms with Gasteiger partial charge in [-0.15, -0.1) is 4.72 Å². The summed E-state index contributed by atoms with van der Waals surface area (Å²) in [5.41, 5.74) is 2.14. The van der Waals surface area contributed by atoms with Crippen LogP contribution in [0.15, 0.2) is 18.3 Å². The lowest BCUT2D eigenvalue weighted by molar-refractivity contribution is 0.380. The summed E-state index contributed by atoms with van der Waals surface area (Å²) >= 11 is -0.974. The molecule has 2 atom stereocenters.